The number of fused-ring (bicyclic) bond motifs is 1. The van der Waals surface area contributed by atoms with Gasteiger partial charge in [-0.1, -0.05) is 29.8 Å². The van der Waals surface area contributed by atoms with Crippen molar-refractivity contribution in [2.75, 3.05) is 0 Å². The Morgan fingerprint density at radius 3 is 2.64 bits per heavy atom. The minimum Gasteiger partial charge on any atom is -0.361 e. The summed E-state index contributed by atoms with van der Waals surface area (Å²) in [7, 11) is 0. The zero-order valence-corrected chi connectivity index (χ0v) is 11.9. The number of nitrogens with one attached hydrogen (secondary N) is 1. The molecule has 0 saturated carbocycles. The summed E-state index contributed by atoms with van der Waals surface area (Å²) in [4.78, 5) is 7.17. The highest BCUT2D eigenvalue weighted by atomic mass is 35.5. The van der Waals surface area contributed by atoms with Crippen molar-refractivity contribution in [2.24, 2.45) is 4.99 Å². The number of aromatic amines is 1. The molecule has 0 unspecified atom stereocenters. The fourth-order valence-corrected chi connectivity index (χ4v) is 2.29. The first-order valence-electron chi connectivity index (χ1n) is 6.42. The van der Waals surface area contributed by atoms with Gasteiger partial charge in [0.1, 0.15) is 0 Å². The zero-order chi connectivity index (χ0) is 15.7. The molecule has 0 bridgehead atoms. The van der Waals surface area contributed by atoms with Gasteiger partial charge in [-0.2, -0.15) is 13.2 Å². The van der Waals surface area contributed by atoms with E-state index in [1.807, 2.05) is 24.3 Å². The monoisotopic (exact) mass is 322 g/mol. The van der Waals surface area contributed by atoms with Gasteiger partial charge in [-0.05, 0) is 24.3 Å². The Hall–Kier alpha value is -2.27. The van der Waals surface area contributed by atoms with Crippen LogP contribution in [0.3, 0.4) is 0 Å². The standard InChI is InChI=1S/C16H10ClF3N2/c17-13-6-5-11(16(18,19)20)7-15(13)22-9-10-8-21-14-4-2-1-3-12(10)14/h1-9,21H. The molecule has 0 amide bonds. The van der Waals surface area contributed by atoms with Crippen molar-refractivity contribution in [3.8, 4) is 0 Å². The molecule has 0 atom stereocenters. The molecule has 0 aliphatic carbocycles. The summed E-state index contributed by atoms with van der Waals surface area (Å²) in [6.45, 7) is 0. The maximum atomic E-state index is 12.7. The van der Waals surface area contributed by atoms with Gasteiger partial charge in [-0.15, -0.1) is 0 Å². The van der Waals surface area contributed by atoms with E-state index >= 15 is 0 Å². The lowest BCUT2D eigenvalue weighted by atomic mass is 10.2. The average molecular weight is 323 g/mol. The lowest BCUT2D eigenvalue weighted by Gasteiger charge is -2.07. The number of para-hydroxylation sites is 1. The zero-order valence-electron chi connectivity index (χ0n) is 11.2. The van der Waals surface area contributed by atoms with E-state index in [1.165, 1.54) is 12.3 Å². The van der Waals surface area contributed by atoms with E-state index in [1.54, 1.807) is 6.20 Å². The molecular formula is C16H10ClF3N2. The Morgan fingerprint density at radius 1 is 1.09 bits per heavy atom. The predicted molar refractivity (Wildman–Crippen MR) is 82.0 cm³/mol. The number of H-pyrrole nitrogens is 1. The highest BCUT2D eigenvalue weighted by Crippen LogP contribution is 2.35. The molecule has 0 radical (unpaired) electrons. The SMILES string of the molecule is FC(F)(F)c1ccc(Cl)c(N=Cc2c[nH]c3ccccc23)c1. The number of hydrogen-bond acceptors (Lipinski definition) is 1. The molecule has 0 spiro atoms. The first-order valence-corrected chi connectivity index (χ1v) is 6.80. The number of hydrogen-bond donors (Lipinski definition) is 1. The van der Waals surface area contributed by atoms with Crippen LogP contribution >= 0.6 is 11.6 Å². The van der Waals surface area contributed by atoms with Gasteiger partial charge in [0.25, 0.3) is 0 Å². The third-order valence-corrected chi connectivity index (χ3v) is 3.56. The van der Waals surface area contributed by atoms with Crippen molar-refractivity contribution in [2.45, 2.75) is 6.18 Å². The van der Waals surface area contributed by atoms with Gasteiger partial charge in [0.2, 0.25) is 0 Å². The van der Waals surface area contributed by atoms with Crippen molar-refractivity contribution >= 4 is 34.4 Å². The highest BCUT2D eigenvalue weighted by Gasteiger charge is 2.30. The first kappa shape index (κ1) is 14.7. The molecule has 0 aliphatic rings. The number of benzene rings is 2. The molecule has 0 saturated heterocycles. The van der Waals surface area contributed by atoms with Crippen molar-refractivity contribution in [3.05, 3.63) is 64.8 Å². The Kier molecular flexibility index (Phi) is 3.66. The van der Waals surface area contributed by atoms with Gasteiger partial charge in [-0.25, -0.2) is 0 Å². The normalized spacial score (nSPS) is 12.4. The summed E-state index contributed by atoms with van der Waals surface area (Å²) in [6.07, 6.45) is -1.18. The number of alkyl halides is 3. The third kappa shape index (κ3) is 2.85. The second-order valence-electron chi connectivity index (χ2n) is 4.71. The van der Waals surface area contributed by atoms with Crippen LogP contribution in [0.5, 0.6) is 0 Å². The molecule has 0 aliphatic heterocycles. The minimum atomic E-state index is -4.42. The second-order valence-corrected chi connectivity index (χ2v) is 5.12. The van der Waals surface area contributed by atoms with Crippen LogP contribution in [0.2, 0.25) is 5.02 Å². The number of rotatable bonds is 2. The van der Waals surface area contributed by atoms with Gasteiger partial charge < -0.3 is 4.98 Å². The van der Waals surface area contributed by atoms with Crippen molar-refractivity contribution in [1.82, 2.24) is 4.98 Å². The topological polar surface area (TPSA) is 28.1 Å². The number of halogens is 4. The van der Waals surface area contributed by atoms with Crippen LogP contribution in [0.15, 0.2) is 53.7 Å². The van der Waals surface area contributed by atoms with Crippen molar-refractivity contribution < 1.29 is 13.2 Å². The van der Waals surface area contributed by atoms with E-state index in [0.717, 1.165) is 28.6 Å². The molecule has 1 aromatic heterocycles. The summed E-state index contributed by atoms with van der Waals surface area (Å²) in [5, 5.41) is 1.11. The molecule has 1 N–H and O–H groups in total. The van der Waals surface area contributed by atoms with Gasteiger partial charge in [0.05, 0.1) is 16.3 Å². The average Bonchev–Trinajstić information content (AvgIpc) is 2.88. The summed E-state index contributed by atoms with van der Waals surface area (Å²) in [5.41, 5.74) is 1.02. The van der Waals surface area contributed by atoms with Crippen molar-refractivity contribution in [1.29, 1.82) is 0 Å². The fraction of sp³-hybridized carbons (Fsp3) is 0.0625. The van der Waals surface area contributed by atoms with Crippen LogP contribution in [-0.4, -0.2) is 11.2 Å². The maximum absolute atomic E-state index is 12.7. The van der Waals surface area contributed by atoms with Gasteiger partial charge in [0.15, 0.2) is 0 Å². The molecule has 112 valence electrons. The number of aliphatic imine (C=N–C) groups is 1. The Bertz CT molecular complexity index is 850. The first-order chi connectivity index (χ1) is 10.4. The molecule has 3 aromatic rings. The summed E-state index contributed by atoms with van der Waals surface area (Å²) in [6, 6.07) is 10.7. The number of nitrogens with zero attached hydrogens (tertiary/aromatic N) is 1. The second kappa shape index (κ2) is 5.50. The minimum absolute atomic E-state index is 0.0850. The van der Waals surface area contributed by atoms with Crippen LogP contribution in [0.4, 0.5) is 18.9 Å². The molecule has 2 aromatic carbocycles. The third-order valence-electron chi connectivity index (χ3n) is 3.24. The van der Waals surface area contributed by atoms with Gasteiger partial charge in [-0.3, -0.25) is 4.99 Å². The van der Waals surface area contributed by atoms with Crippen LogP contribution in [0, 0.1) is 0 Å². The molecular weight excluding hydrogens is 313 g/mol. The van der Waals surface area contributed by atoms with Crippen LogP contribution in [0.25, 0.3) is 10.9 Å². The van der Waals surface area contributed by atoms with Crippen LogP contribution in [-0.2, 0) is 6.18 Å². The highest BCUT2D eigenvalue weighted by molar-refractivity contribution is 6.33. The molecule has 3 rings (SSSR count). The molecule has 6 heteroatoms. The Labute approximate surface area is 129 Å². The smallest absolute Gasteiger partial charge is 0.361 e. The van der Waals surface area contributed by atoms with Gasteiger partial charge in [0, 0.05) is 28.9 Å². The van der Waals surface area contributed by atoms with E-state index in [9.17, 15) is 13.2 Å². The van der Waals surface area contributed by atoms with Crippen LogP contribution < -0.4 is 0 Å². The molecule has 22 heavy (non-hydrogen) atoms. The van der Waals surface area contributed by atoms with E-state index in [2.05, 4.69) is 9.98 Å². The summed E-state index contributed by atoms with van der Waals surface area (Å²) < 4.78 is 38.2. The maximum Gasteiger partial charge on any atom is 0.416 e. The van der Waals surface area contributed by atoms with E-state index in [0.29, 0.717) is 0 Å². The Morgan fingerprint density at radius 2 is 1.86 bits per heavy atom. The molecule has 2 nitrogen and oxygen atoms in total. The quantitative estimate of drug-likeness (QED) is 0.596. The fourth-order valence-electron chi connectivity index (χ4n) is 2.13. The van der Waals surface area contributed by atoms with Crippen LogP contribution in [0.1, 0.15) is 11.1 Å². The molecule has 0 fully saturated rings. The Balaban J connectivity index is 1.99. The largest absolute Gasteiger partial charge is 0.416 e. The lowest BCUT2D eigenvalue weighted by molar-refractivity contribution is -0.137. The summed E-state index contributed by atoms with van der Waals surface area (Å²) >= 11 is 5.92. The van der Waals surface area contributed by atoms with E-state index < -0.39 is 11.7 Å². The molecule has 1 heterocycles. The van der Waals surface area contributed by atoms with E-state index in [4.69, 9.17) is 11.6 Å². The number of aromatic nitrogens is 1. The van der Waals surface area contributed by atoms with Crippen molar-refractivity contribution in [3.63, 3.8) is 0 Å². The van der Waals surface area contributed by atoms with E-state index in [-0.39, 0.29) is 10.7 Å². The van der Waals surface area contributed by atoms with Gasteiger partial charge >= 0.3 is 6.18 Å². The summed E-state index contributed by atoms with van der Waals surface area (Å²) in [5.74, 6) is 0. The predicted octanol–water partition coefficient (Wildman–Crippen LogP) is 5.59. The lowest BCUT2D eigenvalue weighted by Crippen LogP contribution is -2.04.